The summed E-state index contributed by atoms with van der Waals surface area (Å²) in [6.07, 6.45) is 14.4. The molecule has 0 atom stereocenters. The maximum atomic E-state index is 5.24. The highest BCUT2D eigenvalue weighted by molar-refractivity contribution is 9.11. The van der Waals surface area contributed by atoms with Crippen LogP contribution in [0.3, 0.4) is 0 Å². The Labute approximate surface area is 251 Å². The summed E-state index contributed by atoms with van der Waals surface area (Å²) in [4.78, 5) is 15.7. The molecule has 0 amide bonds. The number of nitrogens with zero attached hydrogens (tertiary/aromatic N) is 2. The molecule has 2 nitrogen and oxygen atoms in total. The van der Waals surface area contributed by atoms with E-state index in [2.05, 4.69) is 71.7 Å². The van der Waals surface area contributed by atoms with E-state index in [1.807, 2.05) is 34.0 Å². The molecule has 0 N–H and O–H groups in total. The Kier molecular flexibility index (Phi) is 11.2. The van der Waals surface area contributed by atoms with Crippen molar-refractivity contribution in [1.29, 1.82) is 0 Å². The van der Waals surface area contributed by atoms with E-state index in [0.717, 1.165) is 48.1 Å². The number of fused-ring (bicyclic) bond motifs is 1. The zero-order valence-corrected chi connectivity index (χ0v) is 28.1. The summed E-state index contributed by atoms with van der Waals surface area (Å²) in [5, 5.41) is 0. The van der Waals surface area contributed by atoms with Gasteiger partial charge in [0.1, 0.15) is 11.0 Å². The van der Waals surface area contributed by atoms with Gasteiger partial charge in [-0.1, -0.05) is 66.2 Å². The van der Waals surface area contributed by atoms with Crippen LogP contribution in [0, 0.1) is 0 Å². The van der Waals surface area contributed by atoms with Gasteiger partial charge < -0.3 is 0 Å². The van der Waals surface area contributed by atoms with Crippen LogP contribution < -0.4 is 0 Å². The maximum Gasteiger partial charge on any atom is 0.109 e. The second kappa shape index (κ2) is 14.2. The third-order valence-electron chi connectivity index (χ3n) is 6.92. The molecule has 0 aromatic carbocycles. The minimum Gasteiger partial charge on any atom is -0.248 e. The first-order valence-electron chi connectivity index (χ1n) is 13.9. The lowest BCUT2D eigenvalue weighted by Crippen LogP contribution is -1.99. The van der Waals surface area contributed by atoms with Crippen molar-refractivity contribution in [2.24, 2.45) is 0 Å². The van der Waals surface area contributed by atoms with E-state index in [1.54, 1.807) is 0 Å². The number of aromatic nitrogens is 2. The first-order chi connectivity index (χ1) is 18.0. The van der Waals surface area contributed by atoms with Crippen molar-refractivity contribution < 1.29 is 0 Å². The molecule has 4 rings (SSSR count). The molecule has 0 bridgehead atoms. The van der Waals surface area contributed by atoms with Crippen LogP contribution in [0.4, 0.5) is 0 Å². The van der Waals surface area contributed by atoms with Crippen molar-refractivity contribution in [3.63, 3.8) is 0 Å². The maximum absolute atomic E-state index is 5.24. The van der Waals surface area contributed by atoms with E-state index in [-0.39, 0.29) is 0 Å². The van der Waals surface area contributed by atoms with Gasteiger partial charge in [-0.2, -0.15) is 0 Å². The number of hydrogen-bond acceptors (Lipinski definition) is 5. The van der Waals surface area contributed by atoms with E-state index >= 15 is 0 Å². The van der Waals surface area contributed by atoms with E-state index in [4.69, 9.17) is 9.97 Å². The van der Waals surface area contributed by atoms with Crippen molar-refractivity contribution >= 4 is 76.9 Å². The minimum atomic E-state index is 0.917. The second-order valence-electron chi connectivity index (χ2n) is 9.72. The highest BCUT2D eigenvalue weighted by Crippen LogP contribution is 2.49. The molecule has 0 unspecified atom stereocenters. The van der Waals surface area contributed by atoms with Crippen LogP contribution in [0.15, 0.2) is 19.7 Å². The molecule has 0 aliphatic rings. The van der Waals surface area contributed by atoms with Gasteiger partial charge in [0, 0.05) is 9.75 Å². The Morgan fingerprint density at radius 3 is 1.41 bits per heavy atom. The van der Waals surface area contributed by atoms with E-state index in [1.165, 1.54) is 89.6 Å². The Hall–Kier alpha value is -0.600. The van der Waals surface area contributed by atoms with Crippen LogP contribution in [0.2, 0.25) is 0 Å². The molecule has 4 aromatic heterocycles. The third-order valence-corrected chi connectivity index (χ3v) is 12.4. The number of rotatable bonds is 14. The average Bonchev–Trinajstić information content (AvgIpc) is 3.57. The first kappa shape index (κ1) is 29.4. The largest absolute Gasteiger partial charge is 0.248 e. The van der Waals surface area contributed by atoms with E-state index in [9.17, 15) is 0 Å². The number of halogens is 2. The van der Waals surface area contributed by atoms with E-state index < -0.39 is 0 Å². The highest BCUT2D eigenvalue weighted by atomic mass is 79.9. The molecule has 37 heavy (non-hydrogen) atoms. The Bertz CT molecular complexity index is 1220. The summed E-state index contributed by atoms with van der Waals surface area (Å²) in [5.41, 5.74) is 7.30. The van der Waals surface area contributed by atoms with Gasteiger partial charge in [-0.25, -0.2) is 9.97 Å². The van der Waals surface area contributed by atoms with Crippen LogP contribution in [-0.4, -0.2) is 9.97 Å². The van der Waals surface area contributed by atoms with Gasteiger partial charge in [0.15, 0.2) is 0 Å². The number of hydrogen-bond donors (Lipinski definition) is 0. The Balaban J connectivity index is 1.75. The third kappa shape index (κ3) is 6.95. The number of aryl methyl sites for hydroxylation is 4. The fraction of sp³-hybridized carbons (Fsp3) is 0.533. The van der Waals surface area contributed by atoms with Crippen molar-refractivity contribution in [2.45, 2.75) is 105 Å². The standard InChI is InChI=1S/C30H38Br2N2S3/c1-5-9-11-13-15-19-17-23(35-29(19)31)27-25-26(34-22(8-4)21(7-3)33-25)28(37-27)24-18-20(30(32)36-24)16-14-12-10-6-2/h17-18H,5-16H2,1-4H3. The summed E-state index contributed by atoms with van der Waals surface area (Å²) in [7, 11) is 0. The smallest absolute Gasteiger partial charge is 0.109 e. The average molecular weight is 683 g/mol. The van der Waals surface area contributed by atoms with Crippen LogP contribution in [0.25, 0.3) is 30.5 Å². The molecular formula is C30H38Br2N2S3. The van der Waals surface area contributed by atoms with Gasteiger partial charge in [-0.3, -0.25) is 0 Å². The molecule has 0 saturated heterocycles. The van der Waals surface area contributed by atoms with Crippen LogP contribution >= 0.6 is 65.9 Å². The molecule has 4 heterocycles. The zero-order valence-electron chi connectivity index (χ0n) is 22.5. The number of unbranched alkanes of at least 4 members (excludes halogenated alkanes) is 6. The molecule has 0 spiro atoms. The molecule has 0 aliphatic heterocycles. The van der Waals surface area contributed by atoms with Gasteiger partial charge in [-0.15, -0.1) is 34.0 Å². The molecule has 200 valence electrons. The zero-order chi connectivity index (χ0) is 26.4. The summed E-state index contributed by atoms with van der Waals surface area (Å²) in [6, 6.07) is 4.81. The quantitative estimate of drug-likeness (QED) is 0.124. The van der Waals surface area contributed by atoms with Gasteiger partial charge in [0.2, 0.25) is 0 Å². The van der Waals surface area contributed by atoms with Gasteiger partial charge >= 0.3 is 0 Å². The van der Waals surface area contributed by atoms with Crippen molar-refractivity contribution in [2.75, 3.05) is 0 Å². The van der Waals surface area contributed by atoms with Crippen molar-refractivity contribution in [3.05, 3.63) is 42.2 Å². The first-order valence-corrected chi connectivity index (χ1v) is 17.9. The molecule has 7 heteroatoms. The summed E-state index contributed by atoms with van der Waals surface area (Å²) < 4.78 is 2.54. The topological polar surface area (TPSA) is 25.8 Å². The van der Waals surface area contributed by atoms with Crippen LogP contribution in [-0.2, 0) is 25.7 Å². The Morgan fingerprint density at radius 2 is 1.03 bits per heavy atom. The molecule has 0 fully saturated rings. The van der Waals surface area contributed by atoms with Crippen molar-refractivity contribution in [3.8, 4) is 19.5 Å². The predicted octanol–water partition coefficient (Wildman–Crippen LogP) is 12.0. The number of thiophene rings is 3. The fourth-order valence-corrected chi connectivity index (χ4v) is 9.71. The lowest BCUT2D eigenvalue weighted by molar-refractivity contribution is 0.667. The molecular weight excluding hydrogens is 644 g/mol. The SMILES string of the molecule is CCCCCCc1cc(-c2sc(-c3cc(CCCCCC)c(Br)s3)c3nc(CC)c(CC)nc23)sc1Br. The molecule has 0 saturated carbocycles. The van der Waals surface area contributed by atoms with Crippen LogP contribution in [0.5, 0.6) is 0 Å². The molecule has 0 aliphatic carbocycles. The highest BCUT2D eigenvalue weighted by Gasteiger charge is 2.23. The second-order valence-corrected chi connectivity index (χ2v) is 15.5. The molecule has 0 radical (unpaired) electrons. The summed E-state index contributed by atoms with van der Waals surface area (Å²) in [5.74, 6) is 0. The van der Waals surface area contributed by atoms with Crippen LogP contribution in [0.1, 0.15) is 102 Å². The van der Waals surface area contributed by atoms with Gasteiger partial charge in [0.25, 0.3) is 0 Å². The Morgan fingerprint density at radius 1 is 0.595 bits per heavy atom. The van der Waals surface area contributed by atoms with Gasteiger partial charge in [-0.05, 0) is 93.6 Å². The summed E-state index contributed by atoms with van der Waals surface area (Å²) in [6.45, 7) is 8.93. The van der Waals surface area contributed by atoms with Crippen molar-refractivity contribution in [1.82, 2.24) is 9.97 Å². The lowest BCUT2D eigenvalue weighted by atomic mass is 10.1. The lowest BCUT2D eigenvalue weighted by Gasteiger charge is -2.05. The minimum absolute atomic E-state index is 0.917. The summed E-state index contributed by atoms with van der Waals surface area (Å²) >= 11 is 13.4. The fourth-order valence-electron chi connectivity index (χ4n) is 4.78. The normalized spacial score (nSPS) is 11.7. The molecule has 4 aromatic rings. The van der Waals surface area contributed by atoms with Gasteiger partial charge in [0.05, 0.1) is 28.7 Å². The monoisotopic (exact) mass is 680 g/mol. The van der Waals surface area contributed by atoms with E-state index in [0.29, 0.717) is 0 Å². The predicted molar refractivity (Wildman–Crippen MR) is 174 cm³/mol.